The Morgan fingerprint density at radius 1 is 1.27 bits per heavy atom. The molecule has 0 bridgehead atoms. The normalized spacial score (nSPS) is 15.0. The van der Waals surface area contributed by atoms with Gasteiger partial charge in [-0.15, -0.1) is 0 Å². The molecule has 0 spiro atoms. The number of hydrogen-bond donors (Lipinski definition) is 2. The molecule has 1 heterocycles. The van der Waals surface area contributed by atoms with E-state index in [1.165, 1.54) is 29.8 Å². The summed E-state index contributed by atoms with van der Waals surface area (Å²) in [5.74, 6) is 0.131. The fourth-order valence-electron chi connectivity index (χ4n) is 2.91. The first-order valence-electron chi connectivity index (χ1n) is 9.41. The Kier molecular flexibility index (Phi) is 7.48. The molecule has 0 aliphatic carbocycles. The van der Waals surface area contributed by atoms with Crippen LogP contribution in [0.2, 0.25) is 0 Å². The largest absolute Gasteiger partial charge is 0.504 e. The number of amides is 2. The Hall–Kier alpha value is -2.84. The lowest BCUT2D eigenvalue weighted by Crippen LogP contribution is -2.30. The van der Waals surface area contributed by atoms with E-state index in [1.807, 2.05) is 30.3 Å². The van der Waals surface area contributed by atoms with Gasteiger partial charge in [0.25, 0.3) is 5.91 Å². The van der Waals surface area contributed by atoms with Crippen molar-refractivity contribution in [2.24, 2.45) is 0 Å². The van der Waals surface area contributed by atoms with Gasteiger partial charge in [-0.1, -0.05) is 60.4 Å². The third kappa shape index (κ3) is 5.61. The Labute approximate surface area is 184 Å². The molecule has 2 amide bonds. The van der Waals surface area contributed by atoms with Gasteiger partial charge in [0.05, 0.1) is 12.0 Å². The lowest BCUT2D eigenvalue weighted by atomic mass is 10.2. The highest BCUT2D eigenvalue weighted by atomic mass is 32.2. The molecule has 156 valence electrons. The number of rotatable bonds is 8. The van der Waals surface area contributed by atoms with Gasteiger partial charge >= 0.3 is 0 Å². The zero-order valence-corrected chi connectivity index (χ0v) is 18.1. The quantitative estimate of drug-likeness (QED) is 0.479. The molecule has 0 unspecified atom stereocenters. The predicted molar refractivity (Wildman–Crippen MR) is 122 cm³/mol. The summed E-state index contributed by atoms with van der Waals surface area (Å²) in [5.41, 5.74) is 1.77. The fourth-order valence-corrected chi connectivity index (χ4v) is 4.22. The first-order valence-corrected chi connectivity index (χ1v) is 10.6. The number of carbonyl (C=O) groups is 2. The molecule has 2 N–H and O–H groups in total. The van der Waals surface area contributed by atoms with E-state index in [0.29, 0.717) is 40.9 Å². The third-order valence-corrected chi connectivity index (χ3v) is 5.87. The minimum absolute atomic E-state index is 0.0349. The summed E-state index contributed by atoms with van der Waals surface area (Å²) in [6.45, 7) is 0.874. The number of ether oxygens (including phenoxy) is 1. The molecule has 0 radical (unpaired) electrons. The monoisotopic (exact) mass is 442 g/mol. The summed E-state index contributed by atoms with van der Waals surface area (Å²) in [5, 5.41) is 12.6. The van der Waals surface area contributed by atoms with Crippen molar-refractivity contribution in [1.82, 2.24) is 10.2 Å². The Morgan fingerprint density at radius 3 is 2.77 bits per heavy atom. The third-order valence-electron chi connectivity index (χ3n) is 4.49. The molecule has 3 rings (SSSR count). The highest BCUT2D eigenvalue weighted by molar-refractivity contribution is 8.26. The lowest BCUT2D eigenvalue weighted by Gasteiger charge is -2.14. The first kappa shape index (κ1) is 21.9. The second-order valence-corrected chi connectivity index (χ2v) is 8.31. The van der Waals surface area contributed by atoms with Crippen LogP contribution in [0.5, 0.6) is 11.5 Å². The maximum absolute atomic E-state index is 12.7. The summed E-state index contributed by atoms with van der Waals surface area (Å²) >= 11 is 6.56. The number of thiocarbonyl (C=S) groups is 1. The molecule has 1 aliphatic rings. The van der Waals surface area contributed by atoms with E-state index >= 15 is 0 Å². The molecule has 0 saturated carbocycles. The van der Waals surface area contributed by atoms with E-state index in [2.05, 4.69) is 5.32 Å². The standard InChI is InChI=1S/C22H22N2O4S2/c1-28-18-12-16(9-10-17(18)25)13-19-21(27)24(22(29)30-19)11-5-8-20(26)23-14-15-6-3-2-4-7-15/h2-4,6-7,9-10,12-13,25H,5,8,11,14H2,1H3,(H,23,26)/b19-13-. The van der Waals surface area contributed by atoms with Crippen LogP contribution in [-0.4, -0.2) is 39.8 Å². The van der Waals surface area contributed by atoms with Crippen LogP contribution < -0.4 is 10.1 Å². The maximum Gasteiger partial charge on any atom is 0.266 e. The summed E-state index contributed by atoms with van der Waals surface area (Å²) < 4.78 is 5.57. The van der Waals surface area contributed by atoms with Crippen molar-refractivity contribution in [1.29, 1.82) is 0 Å². The van der Waals surface area contributed by atoms with Crippen molar-refractivity contribution >= 4 is 46.2 Å². The van der Waals surface area contributed by atoms with E-state index < -0.39 is 0 Å². The highest BCUT2D eigenvalue weighted by Gasteiger charge is 2.31. The number of phenolic OH excluding ortho intramolecular Hbond substituents is 1. The van der Waals surface area contributed by atoms with Crippen molar-refractivity contribution in [3.63, 3.8) is 0 Å². The summed E-state index contributed by atoms with van der Waals surface area (Å²) in [4.78, 5) is 26.8. The smallest absolute Gasteiger partial charge is 0.266 e. The zero-order chi connectivity index (χ0) is 21.5. The van der Waals surface area contributed by atoms with Gasteiger partial charge in [0.15, 0.2) is 11.5 Å². The van der Waals surface area contributed by atoms with Gasteiger partial charge in [-0.3, -0.25) is 14.5 Å². The van der Waals surface area contributed by atoms with Crippen LogP contribution in [0, 0.1) is 0 Å². The predicted octanol–water partition coefficient (Wildman–Crippen LogP) is 3.70. The van der Waals surface area contributed by atoms with Crippen molar-refractivity contribution < 1.29 is 19.4 Å². The van der Waals surface area contributed by atoms with Crippen LogP contribution in [-0.2, 0) is 16.1 Å². The summed E-state index contributed by atoms with van der Waals surface area (Å²) in [6.07, 6.45) is 2.55. The zero-order valence-electron chi connectivity index (χ0n) is 16.5. The number of phenols is 1. The molecule has 0 aromatic heterocycles. The number of benzene rings is 2. The second-order valence-electron chi connectivity index (χ2n) is 6.63. The van der Waals surface area contributed by atoms with Gasteiger partial charge in [-0.05, 0) is 35.8 Å². The SMILES string of the molecule is COc1cc(/C=C2\SC(=S)N(CCCC(=O)NCc3ccccc3)C2=O)ccc1O. The topological polar surface area (TPSA) is 78.9 Å². The maximum atomic E-state index is 12.7. The highest BCUT2D eigenvalue weighted by Crippen LogP contribution is 2.34. The van der Waals surface area contributed by atoms with Gasteiger partial charge in [-0.25, -0.2) is 0 Å². The number of carbonyl (C=O) groups excluding carboxylic acids is 2. The van der Waals surface area contributed by atoms with E-state index in [4.69, 9.17) is 17.0 Å². The molecule has 8 heteroatoms. The van der Waals surface area contributed by atoms with Gasteiger partial charge in [0, 0.05) is 19.5 Å². The molecular weight excluding hydrogens is 420 g/mol. The summed E-state index contributed by atoms with van der Waals surface area (Å²) in [7, 11) is 1.47. The van der Waals surface area contributed by atoms with E-state index in [0.717, 1.165) is 11.1 Å². The molecular formula is C22H22N2O4S2. The fraction of sp³-hybridized carbons (Fsp3) is 0.227. The Balaban J connectivity index is 1.52. The minimum atomic E-state index is -0.179. The van der Waals surface area contributed by atoms with E-state index in [9.17, 15) is 14.7 Å². The Morgan fingerprint density at radius 2 is 2.03 bits per heavy atom. The van der Waals surface area contributed by atoms with Crippen molar-refractivity contribution in [2.75, 3.05) is 13.7 Å². The molecule has 1 aliphatic heterocycles. The number of nitrogens with zero attached hydrogens (tertiary/aromatic N) is 1. The first-order chi connectivity index (χ1) is 14.5. The van der Waals surface area contributed by atoms with Crippen molar-refractivity contribution in [3.8, 4) is 11.5 Å². The molecule has 0 atom stereocenters. The van der Waals surface area contributed by atoms with Gasteiger partial charge in [0.2, 0.25) is 5.91 Å². The van der Waals surface area contributed by atoms with Gasteiger partial charge in [-0.2, -0.15) is 0 Å². The van der Waals surface area contributed by atoms with Crippen molar-refractivity contribution in [3.05, 3.63) is 64.6 Å². The van der Waals surface area contributed by atoms with Crippen LogP contribution in [0.4, 0.5) is 0 Å². The molecule has 30 heavy (non-hydrogen) atoms. The minimum Gasteiger partial charge on any atom is -0.504 e. The summed E-state index contributed by atoms with van der Waals surface area (Å²) in [6, 6.07) is 14.6. The number of hydrogen-bond acceptors (Lipinski definition) is 6. The average molecular weight is 443 g/mol. The number of aromatic hydroxyl groups is 1. The van der Waals surface area contributed by atoms with Crippen LogP contribution in [0.15, 0.2) is 53.4 Å². The molecule has 6 nitrogen and oxygen atoms in total. The number of nitrogens with one attached hydrogen (secondary N) is 1. The van der Waals surface area contributed by atoms with Gasteiger partial charge in [0.1, 0.15) is 4.32 Å². The Bertz CT molecular complexity index is 976. The van der Waals surface area contributed by atoms with Crippen molar-refractivity contribution in [2.45, 2.75) is 19.4 Å². The number of methoxy groups -OCH3 is 1. The van der Waals surface area contributed by atoms with Crippen LogP contribution >= 0.6 is 24.0 Å². The van der Waals surface area contributed by atoms with Crippen LogP contribution in [0.1, 0.15) is 24.0 Å². The molecule has 2 aromatic carbocycles. The molecule has 1 saturated heterocycles. The van der Waals surface area contributed by atoms with Crippen LogP contribution in [0.25, 0.3) is 6.08 Å². The molecule has 2 aromatic rings. The molecule has 1 fully saturated rings. The van der Waals surface area contributed by atoms with E-state index in [-0.39, 0.29) is 17.6 Å². The number of thioether (sulfide) groups is 1. The van der Waals surface area contributed by atoms with Gasteiger partial charge < -0.3 is 15.2 Å². The average Bonchev–Trinajstić information content (AvgIpc) is 3.01. The van der Waals surface area contributed by atoms with E-state index in [1.54, 1.807) is 18.2 Å². The van der Waals surface area contributed by atoms with Crippen LogP contribution in [0.3, 0.4) is 0 Å². The second kappa shape index (κ2) is 10.3. The lowest BCUT2D eigenvalue weighted by molar-refractivity contribution is -0.124.